The van der Waals surface area contributed by atoms with Crippen molar-refractivity contribution in [1.82, 2.24) is 4.98 Å². The van der Waals surface area contributed by atoms with Gasteiger partial charge in [0.2, 0.25) is 0 Å². The first-order valence-corrected chi connectivity index (χ1v) is 6.47. The molecule has 1 fully saturated rings. The van der Waals surface area contributed by atoms with Gasteiger partial charge in [0, 0.05) is 12.2 Å². The Bertz CT molecular complexity index is 380. The van der Waals surface area contributed by atoms with E-state index in [1.165, 1.54) is 6.42 Å². The van der Waals surface area contributed by atoms with Crippen LogP contribution >= 0.6 is 0 Å². The van der Waals surface area contributed by atoms with Crippen molar-refractivity contribution in [2.45, 2.75) is 45.1 Å². The minimum absolute atomic E-state index is 0.552. The molecule has 0 amide bonds. The molecule has 1 aliphatic rings. The molecule has 0 bridgehead atoms. The summed E-state index contributed by atoms with van der Waals surface area (Å²) in [7, 11) is 0. The van der Waals surface area contributed by atoms with Gasteiger partial charge in [-0.3, -0.25) is 0 Å². The number of aromatic nitrogens is 1. The number of anilines is 1. The summed E-state index contributed by atoms with van der Waals surface area (Å²) in [6, 6.07) is 5.91. The Morgan fingerprint density at radius 3 is 3.06 bits per heavy atom. The molecule has 0 spiro atoms. The van der Waals surface area contributed by atoms with Crippen LogP contribution < -0.4 is 5.32 Å². The molecule has 2 atom stereocenters. The van der Waals surface area contributed by atoms with Crippen LogP contribution in [0.15, 0.2) is 18.2 Å². The minimum Gasteiger partial charge on any atom is -0.388 e. The van der Waals surface area contributed by atoms with Crippen LogP contribution in [0, 0.1) is 12.8 Å². The van der Waals surface area contributed by atoms with Crippen LogP contribution in [0.5, 0.6) is 0 Å². The highest BCUT2D eigenvalue weighted by Gasteiger charge is 2.32. The van der Waals surface area contributed by atoms with Gasteiger partial charge in [0.15, 0.2) is 0 Å². The lowest BCUT2D eigenvalue weighted by Crippen LogP contribution is -2.41. The lowest BCUT2D eigenvalue weighted by Gasteiger charge is -2.35. The summed E-state index contributed by atoms with van der Waals surface area (Å²) in [6.45, 7) is 4.80. The third-order valence-electron chi connectivity index (χ3n) is 3.55. The zero-order valence-electron chi connectivity index (χ0n) is 10.7. The number of hydrogen-bond acceptors (Lipinski definition) is 3. The topological polar surface area (TPSA) is 45.1 Å². The second kappa shape index (κ2) is 5.05. The summed E-state index contributed by atoms with van der Waals surface area (Å²) in [4.78, 5) is 4.39. The SMILES string of the molecule is Cc1cccc(NCC2(O)CCCC(C)C2)n1. The molecule has 94 valence electrons. The van der Waals surface area contributed by atoms with Gasteiger partial charge in [-0.05, 0) is 37.8 Å². The number of aliphatic hydroxyl groups is 1. The predicted molar refractivity (Wildman–Crippen MR) is 70.0 cm³/mol. The summed E-state index contributed by atoms with van der Waals surface area (Å²) >= 11 is 0. The van der Waals surface area contributed by atoms with E-state index in [2.05, 4.69) is 17.2 Å². The first-order chi connectivity index (χ1) is 8.07. The van der Waals surface area contributed by atoms with Crippen molar-refractivity contribution in [3.8, 4) is 0 Å². The molecule has 1 aliphatic carbocycles. The number of rotatable bonds is 3. The Morgan fingerprint density at radius 2 is 2.35 bits per heavy atom. The van der Waals surface area contributed by atoms with Gasteiger partial charge in [0.1, 0.15) is 5.82 Å². The van der Waals surface area contributed by atoms with Crippen molar-refractivity contribution in [2.24, 2.45) is 5.92 Å². The van der Waals surface area contributed by atoms with Crippen LogP contribution in [-0.4, -0.2) is 22.2 Å². The molecule has 0 radical (unpaired) electrons. The van der Waals surface area contributed by atoms with Crippen molar-refractivity contribution in [3.05, 3.63) is 23.9 Å². The van der Waals surface area contributed by atoms with Crippen LogP contribution in [0.4, 0.5) is 5.82 Å². The second-order valence-corrected chi connectivity index (χ2v) is 5.44. The zero-order valence-corrected chi connectivity index (χ0v) is 10.7. The molecular weight excluding hydrogens is 212 g/mol. The average Bonchev–Trinajstić information content (AvgIpc) is 2.26. The van der Waals surface area contributed by atoms with Crippen LogP contribution in [0.1, 0.15) is 38.3 Å². The fraction of sp³-hybridized carbons (Fsp3) is 0.643. The smallest absolute Gasteiger partial charge is 0.126 e. The van der Waals surface area contributed by atoms with Gasteiger partial charge >= 0.3 is 0 Å². The summed E-state index contributed by atoms with van der Waals surface area (Å²) in [5.74, 6) is 1.48. The molecular formula is C14H22N2O. The van der Waals surface area contributed by atoms with Gasteiger partial charge in [-0.15, -0.1) is 0 Å². The van der Waals surface area contributed by atoms with Crippen LogP contribution in [0.3, 0.4) is 0 Å². The highest BCUT2D eigenvalue weighted by atomic mass is 16.3. The largest absolute Gasteiger partial charge is 0.388 e. The number of pyridine rings is 1. The quantitative estimate of drug-likeness (QED) is 0.845. The monoisotopic (exact) mass is 234 g/mol. The van der Waals surface area contributed by atoms with E-state index in [1.54, 1.807) is 0 Å². The van der Waals surface area contributed by atoms with Crippen molar-refractivity contribution < 1.29 is 5.11 Å². The molecule has 3 heteroatoms. The minimum atomic E-state index is -0.552. The van der Waals surface area contributed by atoms with Gasteiger partial charge in [-0.25, -0.2) is 4.98 Å². The van der Waals surface area contributed by atoms with E-state index in [4.69, 9.17) is 0 Å². The van der Waals surface area contributed by atoms with Gasteiger partial charge in [0.05, 0.1) is 5.60 Å². The Kier molecular flexibility index (Phi) is 3.67. The molecule has 1 heterocycles. The normalized spacial score (nSPS) is 29.0. The summed E-state index contributed by atoms with van der Waals surface area (Å²) in [6.07, 6.45) is 4.16. The first kappa shape index (κ1) is 12.4. The van der Waals surface area contributed by atoms with Gasteiger partial charge in [0.25, 0.3) is 0 Å². The van der Waals surface area contributed by atoms with E-state index in [0.29, 0.717) is 12.5 Å². The van der Waals surface area contributed by atoms with Crippen molar-refractivity contribution in [3.63, 3.8) is 0 Å². The number of aryl methyl sites for hydroxylation is 1. The molecule has 2 unspecified atom stereocenters. The summed E-state index contributed by atoms with van der Waals surface area (Å²) in [5.41, 5.74) is 0.447. The third kappa shape index (κ3) is 3.43. The molecule has 1 saturated carbocycles. The van der Waals surface area contributed by atoms with Gasteiger partial charge < -0.3 is 10.4 Å². The lowest BCUT2D eigenvalue weighted by atomic mass is 9.79. The van der Waals surface area contributed by atoms with E-state index in [-0.39, 0.29) is 0 Å². The molecule has 2 rings (SSSR count). The molecule has 2 N–H and O–H groups in total. The molecule has 1 aromatic heterocycles. The predicted octanol–water partition coefficient (Wildman–Crippen LogP) is 2.74. The summed E-state index contributed by atoms with van der Waals surface area (Å²) < 4.78 is 0. The Labute approximate surface area is 103 Å². The first-order valence-electron chi connectivity index (χ1n) is 6.47. The third-order valence-corrected chi connectivity index (χ3v) is 3.55. The zero-order chi connectivity index (χ0) is 12.3. The van der Waals surface area contributed by atoms with E-state index in [0.717, 1.165) is 30.8 Å². The van der Waals surface area contributed by atoms with Crippen molar-refractivity contribution in [1.29, 1.82) is 0 Å². The Balaban J connectivity index is 1.93. The fourth-order valence-corrected chi connectivity index (χ4v) is 2.69. The van der Waals surface area contributed by atoms with E-state index < -0.39 is 5.60 Å². The molecule has 0 aliphatic heterocycles. The number of hydrogen-bond donors (Lipinski definition) is 2. The van der Waals surface area contributed by atoms with Gasteiger partial charge in [-0.1, -0.05) is 25.8 Å². The highest BCUT2D eigenvalue weighted by molar-refractivity contribution is 5.35. The molecule has 0 saturated heterocycles. The van der Waals surface area contributed by atoms with Crippen LogP contribution in [0.2, 0.25) is 0 Å². The maximum absolute atomic E-state index is 10.5. The van der Waals surface area contributed by atoms with E-state index in [1.807, 2.05) is 25.1 Å². The number of nitrogens with one attached hydrogen (secondary N) is 1. The Hall–Kier alpha value is -1.09. The number of nitrogens with zero attached hydrogens (tertiary/aromatic N) is 1. The molecule has 17 heavy (non-hydrogen) atoms. The van der Waals surface area contributed by atoms with E-state index >= 15 is 0 Å². The van der Waals surface area contributed by atoms with Crippen molar-refractivity contribution in [2.75, 3.05) is 11.9 Å². The Morgan fingerprint density at radius 1 is 1.53 bits per heavy atom. The molecule has 0 aromatic carbocycles. The fourth-order valence-electron chi connectivity index (χ4n) is 2.69. The average molecular weight is 234 g/mol. The lowest BCUT2D eigenvalue weighted by molar-refractivity contribution is -0.000828. The maximum Gasteiger partial charge on any atom is 0.126 e. The second-order valence-electron chi connectivity index (χ2n) is 5.44. The standard InChI is InChI=1S/C14H22N2O/c1-11-5-4-8-14(17,9-11)10-15-13-7-3-6-12(2)16-13/h3,6-7,11,17H,4-5,8-10H2,1-2H3,(H,15,16). The van der Waals surface area contributed by atoms with Gasteiger partial charge in [-0.2, -0.15) is 0 Å². The molecule has 1 aromatic rings. The summed E-state index contributed by atoms with van der Waals surface area (Å²) in [5, 5.41) is 13.7. The van der Waals surface area contributed by atoms with Crippen molar-refractivity contribution >= 4 is 5.82 Å². The maximum atomic E-state index is 10.5. The van der Waals surface area contributed by atoms with E-state index in [9.17, 15) is 5.11 Å². The van der Waals surface area contributed by atoms with Crippen LogP contribution in [0.25, 0.3) is 0 Å². The van der Waals surface area contributed by atoms with Crippen LogP contribution in [-0.2, 0) is 0 Å². The highest BCUT2D eigenvalue weighted by Crippen LogP contribution is 2.32. The molecule has 3 nitrogen and oxygen atoms in total.